The molecule has 0 saturated heterocycles. The van der Waals surface area contributed by atoms with Crippen LogP contribution in [0.15, 0.2) is 0 Å². The van der Waals surface area contributed by atoms with E-state index in [-0.39, 0.29) is 59.5 Å². The van der Waals surface area contributed by atoms with E-state index in [9.17, 15) is 9.79 Å². The summed E-state index contributed by atoms with van der Waals surface area (Å²) in [6.45, 7) is 17.1. The number of rotatable bonds is 23. The molecule has 0 saturated carbocycles. The van der Waals surface area contributed by atoms with Gasteiger partial charge in [0.2, 0.25) is 0 Å². The highest BCUT2D eigenvalue weighted by Crippen LogP contribution is 2.52. The molecule has 16 heteroatoms. The molecule has 35 heavy (non-hydrogen) atoms. The van der Waals surface area contributed by atoms with Gasteiger partial charge in [-0.15, -0.1) is 0 Å². The summed E-state index contributed by atoms with van der Waals surface area (Å²) in [5, 5.41) is 0. The molecule has 0 aliphatic rings. The van der Waals surface area contributed by atoms with E-state index in [1.54, 1.807) is 62.3 Å². The van der Waals surface area contributed by atoms with Crippen molar-refractivity contribution >= 4 is 35.0 Å². The van der Waals surface area contributed by atoms with Crippen LogP contribution >= 0.6 is 8.60 Å². The van der Waals surface area contributed by atoms with Gasteiger partial charge in [0.05, 0.1) is 0 Å². The Kier molecular flexibility index (Phi) is 18.3. The molecule has 12 nitrogen and oxygen atoms in total. The maximum absolute atomic E-state index is 10.5. The lowest BCUT2D eigenvalue weighted by Gasteiger charge is -2.54. The number of hydrogen-bond acceptors (Lipinski definition) is 12. The molecule has 0 spiro atoms. The van der Waals surface area contributed by atoms with Crippen LogP contribution in [0.3, 0.4) is 0 Å². The summed E-state index contributed by atoms with van der Waals surface area (Å²) >= 11 is 0. The van der Waals surface area contributed by atoms with Crippen LogP contribution < -0.4 is 0 Å². The predicted octanol–water partition coefficient (Wildman–Crippen LogP) is 2.72. The quantitative estimate of drug-likeness (QED) is 0.136. The van der Waals surface area contributed by atoms with Crippen molar-refractivity contribution in [3.63, 3.8) is 0 Å². The lowest BCUT2D eigenvalue weighted by Crippen LogP contribution is -2.91. The Labute approximate surface area is 215 Å². The largest absolute Gasteiger partial charge is 0.544 e. The first-order valence-electron chi connectivity index (χ1n) is 12.3. The molecule has 0 bridgehead atoms. The highest BCUT2D eigenvalue weighted by molar-refractivity contribution is 7.40. The van der Waals surface area contributed by atoms with Gasteiger partial charge < -0.3 is 49.6 Å². The van der Waals surface area contributed by atoms with E-state index >= 15 is 0 Å². The van der Waals surface area contributed by atoms with E-state index in [0.29, 0.717) is 0 Å². The maximum atomic E-state index is 10.5. The van der Waals surface area contributed by atoms with Crippen molar-refractivity contribution < 1.29 is 54.1 Å². The minimum absolute atomic E-state index is 0.135. The van der Waals surface area contributed by atoms with Gasteiger partial charge in [0, 0.05) is 59.5 Å². The summed E-state index contributed by atoms with van der Waals surface area (Å²) < 4.78 is 60.8. The Hall–Kier alpha value is 0.601. The monoisotopic (exact) mass is 582 g/mol. The molecule has 0 radical (unpaired) electrons. The van der Waals surface area contributed by atoms with Crippen LogP contribution in [0.1, 0.15) is 62.3 Å². The second kappa shape index (κ2) is 18.0. The number of hydrogen-bond donors (Lipinski definition) is 2. The Morgan fingerprint density at radius 1 is 0.429 bits per heavy atom. The first-order valence-corrected chi connectivity index (χ1v) is 18.7. The van der Waals surface area contributed by atoms with Gasteiger partial charge in [0.25, 0.3) is 4.47 Å². The average Bonchev–Trinajstić information content (AvgIpc) is 2.78. The Bertz CT molecular complexity index is 434. The molecule has 0 fully saturated rings. The molecule has 0 aromatic rings. The second-order valence-electron chi connectivity index (χ2n) is 6.59. The molecule has 2 N–H and O–H groups in total. The fourth-order valence-electron chi connectivity index (χ4n) is 3.85. The van der Waals surface area contributed by atoms with Gasteiger partial charge in [0.15, 0.2) is 0 Å². The van der Waals surface area contributed by atoms with E-state index in [1.165, 1.54) is 0 Å². The standard InChI is InChI=1S/C19H47O12PSi3/c1-10-22-33(23-11-2,24-12-3)19(31-32(20)21,34(25-13-4,26-14-5)27-15-6)35(28-16-7,29-17-8)30-18-9/h20-21H,10-18H2,1-9H3. The van der Waals surface area contributed by atoms with Gasteiger partial charge in [-0.25, -0.2) is 0 Å². The third-order valence-corrected chi connectivity index (χ3v) is 19.9. The third kappa shape index (κ3) is 7.81. The van der Waals surface area contributed by atoms with Gasteiger partial charge in [-0.05, 0) is 62.3 Å². The molecule has 0 aliphatic carbocycles. The molecule has 0 amide bonds. The lowest BCUT2D eigenvalue weighted by molar-refractivity contribution is -0.0608. The van der Waals surface area contributed by atoms with Crippen molar-refractivity contribution in [2.75, 3.05) is 59.5 Å². The zero-order valence-corrected chi connectivity index (χ0v) is 26.7. The van der Waals surface area contributed by atoms with Gasteiger partial charge in [-0.3, -0.25) is 4.52 Å². The normalized spacial score (nSPS) is 13.7. The van der Waals surface area contributed by atoms with Gasteiger partial charge in [-0.2, -0.15) is 0 Å². The molecule has 0 heterocycles. The van der Waals surface area contributed by atoms with Crippen LogP contribution in [0.4, 0.5) is 0 Å². The summed E-state index contributed by atoms with van der Waals surface area (Å²) in [6, 6.07) is 0. The van der Waals surface area contributed by atoms with Crippen LogP contribution in [-0.2, 0) is 44.4 Å². The van der Waals surface area contributed by atoms with Crippen molar-refractivity contribution in [3.8, 4) is 0 Å². The van der Waals surface area contributed by atoms with Crippen LogP contribution in [0.2, 0.25) is 0 Å². The van der Waals surface area contributed by atoms with Gasteiger partial charge in [-0.1, -0.05) is 0 Å². The smallest absolute Gasteiger partial charge is 0.372 e. The van der Waals surface area contributed by atoms with Crippen molar-refractivity contribution in [1.82, 2.24) is 0 Å². The molecule has 0 aromatic carbocycles. The zero-order valence-electron chi connectivity index (χ0n) is 22.8. The highest BCUT2D eigenvalue weighted by Gasteiger charge is 2.92. The van der Waals surface area contributed by atoms with E-state index in [4.69, 9.17) is 44.4 Å². The zero-order chi connectivity index (χ0) is 27.0. The Balaban J connectivity index is 8.20. The van der Waals surface area contributed by atoms with Crippen molar-refractivity contribution in [3.05, 3.63) is 0 Å². The SMILES string of the molecule is CCO[Si](OCC)(OCC)C(OP(O)O)([Si](OCC)(OCC)OCC)[Si](OCC)(OCC)OCC. The highest BCUT2D eigenvalue weighted by atomic mass is 31.2. The summed E-state index contributed by atoms with van der Waals surface area (Å²) in [5.74, 6) is 0. The van der Waals surface area contributed by atoms with Crippen molar-refractivity contribution in [2.24, 2.45) is 0 Å². The second-order valence-corrected chi connectivity index (χ2v) is 16.8. The van der Waals surface area contributed by atoms with Gasteiger partial charge >= 0.3 is 35.0 Å². The van der Waals surface area contributed by atoms with Crippen LogP contribution in [0, 0.1) is 0 Å². The van der Waals surface area contributed by atoms with Gasteiger partial charge in [0.1, 0.15) is 0 Å². The Morgan fingerprint density at radius 2 is 0.600 bits per heavy atom. The van der Waals surface area contributed by atoms with Crippen molar-refractivity contribution in [1.29, 1.82) is 0 Å². The average molecular weight is 583 g/mol. The summed E-state index contributed by atoms with van der Waals surface area (Å²) in [7, 11) is -15.9. The fraction of sp³-hybridized carbons (Fsp3) is 1.00. The minimum Gasteiger partial charge on any atom is -0.372 e. The molecule has 0 unspecified atom stereocenters. The molecular weight excluding hydrogens is 535 g/mol. The Morgan fingerprint density at radius 3 is 0.714 bits per heavy atom. The summed E-state index contributed by atoms with van der Waals surface area (Å²) in [4.78, 5) is 20.9. The minimum atomic E-state index is -4.28. The molecule has 0 aliphatic heterocycles. The van der Waals surface area contributed by atoms with Crippen LogP contribution in [-0.4, -0.2) is 100 Å². The molecule has 0 atom stereocenters. The van der Waals surface area contributed by atoms with E-state index in [0.717, 1.165) is 0 Å². The summed E-state index contributed by atoms with van der Waals surface area (Å²) in [6.07, 6.45) is 0. The molecule has 0 aromatic heterocycles. The fourth-order valence-corrected chi connectivity index (χ4v) is 20.6. The summed E-state index contributed by atoms with van der Waals surface area (Å²) in [5.41, 5.74) is 0. The molecule has 0 rings (SSSR count). The lowest BCUT2D eigenvalue weighted by atomic mass is 10.9. The first-order chi connectivity index (χ1) is 16.7. The van der Waals surface area contributed by atoms with Crippen LogP contribution in [0.25, 0.3) is 0 Å². The van der Waals surface area contributed by atoms with E-state index in [2.05, 4.69) is 0 Å². The maximum Gasteiger partial charge on any atom is 0.544 e. The van der Waals surface area contributed by atoms with E-state index < -0.39 is 39.5 Å². The first kappa shape index (κ1) is 35.6. The topological polar surface area (TPSA) is 133 Å². The molecule has 212 valence electrons. The van der Waals surface area contributed by atoms with Crippen LogP contribution in [0.5, 0.6) is 0 Å². The van der Waals surface area contributed by atoms with E-state index in [1.807, 2.05) is 0 Å². The predicted molar refractivity (Wildman–Crippen MR) is 137 cm³/mol. The molecular formula is C19H47O12PSi3. The third-order valence-electron chi connectivity index (χ3n) is 4.52. The van der Waals surface area contributed by atoms with Crippen molar-refractivity contribution in [2.45, 2.75) is 66.8 Å².